The first kappa shape index (κ1) is 13.4. The molecule has 1 aromatic carbocycles. The molecular weight excluding hydrogens is 272 g/mol. The summed E-state index contributed by atoms with van der Waals surface area (Å²) < 4.78 is 5.41. The molecule has 0 saturated heterocycles. The van der Waals surface area contributed by atoms with Gasteiger partial charge in [-0.05, 0) is 90.4 Å². The van der Waals surface area contributed by atoms with Crippen molar-refractivity contribution in [2.24, 2.45) is 22.7 Å². The average molecular weight is 298 g/mol. The van der Waals surface area contributed by atoms with E-state index >= 15 is 0 Å². The van der Waals surface area contributed by atoms with Gasteiger partial charge in [0, 0.05) is 0 Å². The summed E-state index contributed by atoms with van der Waals surface area (Å²) in [4.78, 5) is 0. The predicted octanol–water partition coefficient (Wildman–Crippen LogP) is 3.91. The van der Waals surface area contributed by atoms with Crippen LogP contribution < -0.4 is 4.74 Å². The molecule has 4 aliphatic rings. The molecule has 22 heavy (non-hydrogen) atoms. The molecule has 3 saturated carbocycles. The summed E-state index contributed by atoms with van der Waals surface area (Å²) in [5, 5.41) is 10.6. The van der Waals surface area contributed by atoms with Crippen molar-refractivity contribution in [1.82, 2.24) is 0 Å². The minimum Gasteiger partial charge on any atom is -0.497 e. The summed E-state index contributed by atoms with van der Waals surface area (Å²) >= 11 is 0. The number of rotatable bonds is 1. The number of aliphatic hydroxyl groups is 1. The fourth-order valence-corrected chi connectivity index (χ4v) is 6.90. The Labute approximate surface area is 132 Å². The van der Waals surface area contributed by atoms with Crippen molar-refractivity contribution in [1.29, 1.82) is 0 Å². The molecule has 3 fully saturated rings. The first-order valence-electron chi connectivity index (χ1n) is 8.95. The smallest absolute Gasteiger partial charge is 0.119 e. The van der Waals surface area contributed by atoms with Crippen LogP contribution in [0.2, 0.25) is 0 Å². The van der Waals surface area contributed by atoms with E-state index in [2.05, 4.69) is 25.1 Å². The Balaban J connectivity index is 1.56. The van der Waals surface area contributed by atoms with E-state index in [0.29, 0.717) is 5.41 Å². The van der Waals surface area contributed by atoms with Gasteiger partial charge in [0.2, 0.25) is 0 Å². The van der Waals surface area contributed by atoms with Crippen molar-refractivity contribution in [3.63, 3.8) is 0 Å². The zero-order valence-electron chi connectivity index (χ0n) is 13.6. The highest BCUT2D eigenvalue weighted by Crippen LogP contribution is 2.81. The van der Waals surface area contributed by atoms with Crippen LogP contribution in [0.3, 0.4) is 0 Å². The van der Waals surface area contributed by atoms with Crippen LogP contribution in [0.25, 0.3) is 0 Å². The number of aryl methyl sites for hydroxylation is 1. The van der Waals surface area contributed by atoms with Gasteiger partial charge in [0.25, 0.3) is 0 Å². The normalized spacial score (nSPS) is 48.0. The predicted molar refractivity (Wildman–Crippen MR) is 86.1 cm³/mol. The quantitative estimate of drug-likeness (QED) is 0.851. The molecule has 118 valence electrons. The van der Waals surface area contributed by atoms with E-state index in [1.807, 2.05) is 0 Å². The first-order chi connectivity index (χ1) is 10.6. The fourth-order valence-electron chi connectivity index (χ4n) is 6.90. The highest BCUT2D eigenvalue weighted by atomic mass is 16.5. The zero-order valence-corrected chi connectivity index (χ0v) is 13.6. The molecule has 1 aromatic rings. The number of methoxy groups -OCH3 is 1. The molecular formula is C20H26O2. The molecule has 4 aliphatic carbocycles. The van der Waals surface area contributed by atoms with Crippen LogP contribution in [0, 0.1) is 22.7 Å². The van der Waals surface area contributed by atoms with Crippen LogP contribution in [0.5, 0.6) is 5.75 Å². The lowest BCUT2D eigenvalue weighted by Crippen LogP contribution is -2.47. The van der Waals surface area contributed by atoms with Gasteiger partial charge < -0.3 is 9.84 Å². The number of hydrogen-bond donors (Lipinski definition) is 1. The Kier molecular flexibility index (Phi) is 2.49. The standard InChI is InChI=1S/C20H26O2/c1-19-8-7-16-15-5-4-14(22-2)9-12(15)3-6-17(16)20(19)11-13(20)10-18(19)21/h4-5,9,13,16-18,21H,3,6-8,10-11H2,1-2H3/t13-,16+,17+,18-,19+,20+/m0/s1. The van der Waals surface area contributed by atoms with E-state index in [-0.39, 0.29) is 11.5 Å². The second kappa shape index (κ2) is 4.08. The van der Waals surface area contributed by atoms with E-state index in [1.54, 1.807) is 12.7 Å². The number of fused-ring (bicyclic) bond motifs is 3. The monoisotopic (exact) mass is 298 g/mol. The topological polar surface area (TPSA) is 29.5 Å². The van der Waals surface area contributed by atoms with Gasteiger partial charge in [-0.25, -0.2) is 0 Å². The van der Waals surface area contributed by atoms with Gasteiger partial charge in [-0.15, -0.1) is 0 Å². The molecule has 0 amide bonds. The third-order valence-electron chi connectivity index (χ3n) is 8.06. The second-order valence-corrected chi connectivity index (χ2v) is 8.47. The molecule has 2 nitrogen and oxygen atoms in total. The lowest BCUT2D eigenvalue weighted by molar-refractivity contribution is -0.0558. The molecule has 1 spiro atoms. The summed E-state index contributed by atoms with van der Waals surface area (Å²) in [5.74, 6) is 3.32. The first-order valence-corrected chi connectivity index (χ1v) is 8.95. The van der Waals surface area contributed by atoms with Gasteiger partial charge >= 0.3 is 0 Å². The third kappa shape index (κ3) is 1.37. The SMILES string of the molecule is COc1ccc2c(c1)CC[C@@H]1[C@@H]2CC[C@]2(C)[C@@H](O)C[C@H]3C[C@@]312. The Morgan fingerprint density at radius 3 is 2.95 bits per heavy atom. The fraction of sp³-hybridized carbons (Fsp3) is 0.700. The van der Waals surface area contributed by atoms with Gasteiger partial charge in [0.05, 0.1) is 13.2 Å². The van der Waals surface area contributed by atoms with E-state index in [4.69, 9.17) is 4.74 Å². The Morgan fingerprint density at radius 2 is 2.14 bits per heavy atom. The van der Waals surface area contributed by atoms with Gasteiger partial charge in [-0.2, -0.15) is 0 Å². The van der Waals surface area contributed by atoms with Crippen LogP contribution in [0.15, 0.2) is 18.2 Å². The maximum Gasteiger partial charge on any atom is 0.119 e. The number of aliphatic hydroxyl groups excluding tert-OH is 1. The molecule has 6 atom stereocenters. The minimum atomic E-state index is -0.0514. The van der Waals surface area contributed by atoms with Gasteiger partial charge in [-0.1, -0.05) is 13.0 Å². The summed E-state index contributed by atoms with van der Waals surface area (Å²) in [7, 11) is 1.76. The lowest BCUT2D eigenvalue weighted by atomic mass is 9.52. The van der Waals surface area contributed by atoms with E-state index in [0.717, 1.165) is 29.9 Å². The molecule has 0 heterocycles. The van der Waals surface area contributed by atoms with Gasteiger partial charge in [0.15, 0.2) is 0 Å². The summed E-state index contributed by atoms with van der Waals surface area (Å²) in [5.41, 5.74) is 3.76. The van der Waals surface area contributed by atoms with Gasteiger partial charge in [-0.3, -0.25) is 0 Å². The van der Waals surface area contributed by atoms with Crippen LogP contribution in [-0.4, -0.2) is 18.3 Å². The number of ether oxygens (including phenoxy) is 1. The summed E-state index contributed by atoms with van der Waals surface area (Å²) in [6.45, 7) is 2.39. The Bertz CT molecular complexity index is 639. The molecule has 0 unspecified atom stereocenters. The average Bonchev–Trinajstić information content (AvgIpc) is 3.19. The van der Waals surface area contributed by atoms with E-state index in [1.165, 1.54) is 37.7 Å². The highest BCUT2D eigenvalue weighted by Gasteiger charge is 2.76. The van der Waals surface area contributed by atoms with Crippen molar-refractivity contribution < 1.29 is 9.84 Å². The number of benzene rings is 1. The lowest BCUT2D eigenvalue weighted by Gasteiger charge is -2.52. The molecule has 1 N–H and O–H groups in total. The van der Waals surface area contributed by atoms with E-state index < -0.39 is 0 Å². The Morgan fingerprint density at radius 1 is 1.27 bits per heavy atom. The Hall–Kier alpha value is -1.02. The molecule has 0 bridgehead atoms. The van der Waals surface area contributed by atoms with Crippen LogP contribution in [-0.2, 0) is 6.42 Å². The molecule has 0 radical (unpaired) electrons. The van der Waals surface area contributed by atoms with Crippen molar-refractivity contribution in [2.45, 2.75) is 57.5 Å². The zero-order chi connectivity index (χ0) is 15.1. The summed E-state index contributed by atoms with van der Waals surface area (Å²) in [6.07, 6.45) is 7.36. The van der Waals surface area contributed by atoms with Crippen molar-refractivity contribution in [3.05, 3.63) is 29.3 Å². The van der Waals surface area contributed by atoms with E-state index in [9.17, 15) is 5.11 Å². The van der Waals surface area contributed by atoms with Crippen molar-refractivity contribution in [3.8, 4) is 5.75 Å². The highest BCUT2D eigenvalue weighted by molar-refractivity contribution is 5.42. The van der Waals surface area contributed by atoms with Crippen LogP contribution in [0.4, 0.5) is 0 Å². The van der Waals surface area contributed by atoms with Gasteiger partial charge in [0.1, 0.15) is 5.75 Å². The van der Waals surface area contributed by atoms with Crippen LogP contribution >= 0.6 is 0 Å². The van der Waals surface area contributed by atoms with Crippen molar-refractivity contribution >= 4 is 0 Å². The minimum absolute atomic E-state index is 0.0514. The maximum atomic E-state index is 10.6. The molecule has 5 rings (SSSR count). The number of hydrogen-bond acceptors (Lipinski definition) is 2. The maximum absolute atomic E-state index is 10.6. The molecule has 2 heteroatoms. The van der Waals surface area contributed by atoms with Crippen LogP contribution in [0.1, 0.15) is 56.1 Å². The second-order valence-electron chi connectivity index (χ2n) is 8.47. The molecule has 0 aromatic heterocycles. The largest absolute Gasteiger partial charge is 0.497 e. The van der Waals surface area contributed by atoms with Crippen molar-refractivity contribution in [2.75, 3.05) is 7.11 Å². The summed E-state index contributed by atoms with van der Waals surface area (Å²) in [6, 6.07) is 6.72. The molecule has 0 aliphatic heterocycles. The third-order valence-corrected chi connectivity index (χ3v) is 8.06.